The van der Waals surface area contributed by atoms with E-state index in [0.717, 1.165) is 35.0 Å². The predicted octanol–water partition coefficient (Wildman–Crippen LogP) is 5.38. The van der Waals surface area contributed by atoms with E-state index in [0.29, 0.717) is 13.1 Å². The van der Waals surface area contributed by atoms with Gasteiger partial charge in [0.2, 0.25) is 0 Å². The first-order valence-corrected chi connectivity index (χ1v) is 9.75. The number of furan rings is 2. The predicted molar refractivity (Wildman–Crippen MR) is 109 cm³/mol. The lowest BCUT2D eigenvalue weighted by molar-refractivity contribution is 0.476. The second kappa shape index (κ2) is 7.74. The summed E-state index contributed by atoms with van der Waals surface area (Å²) in [7, 11) is 0. The van der Waals surface area contributed by atoms with Crippen molar-refractivity contribution in [1.82, 2.24) is 9.97 Å². The van der Waals surface area contributed by atoms with Crippen LogP contribution < -0.4 is 4.90 Å². The second-order valence-corrected chi connectivity index (χ2v) is 7.69. The normalized spacial score (nSPS) is 13.3. The Hall–Kier alpha value is -2.31. The third kappa shape index (κ3) is 3.47. The van der Waals surface area contributed by atoms with Gasteiger partial charge in [0.05, 0.1) is 31.0 Å². The highest BCUT2D eigenvalue weighted by Crippen LogP contribution is 2.39. The zero-order valence-corrected chi connectivity index (χ0v) is 16.4. The number of hydrogen-bond acceptors (Lipinski definition) is 6. The van der Waals surface area contributed by atoms with Gasteiger partial charge in [-0.25, -0.2) is 9.97 Å². The van der Waals surface area contributed by atoms with Gasteiger partial charge in [-0.15, -0.1) is 23.7 Å². The third-order valence-electron chi connectivity index (χ3n) is 4.88. The van der Waals surface area contributed by atoms with Gasteiger partial charge in [-0.1, -0.05) is 0 Å². The minimum absolute atomic E-state index is 0. The lowest BCUT2D eigenvalue weighted by Gasteiger charge is -2.23. The summed E-state index contributed by atoms with van der Waals surface area (Å²) >= 11 is 1.82. The molecule has 0 saturated carbocycles. The van der Waals surface area contributed by atoms with Gasteiger partial charge in [0.1, 0.15) is 28.5 Å². The Morgan fingerprint density at radius 3 is 2.33 bits per heavy atom. The Morgan fingerprint density at radius 2 is 1.67 bits per heavy atom. The Kier molecular flexibility index (Phi) is 5.18. The molecule has 4 aromatic heterocycles. The highest BCUT2D eigenvalue weighted by atomic mass is 35.5. The van der Waals surface area contributed by atoms with Gasteiger partial charge in [0, 0.05) is 4.88 Å². The molecule has 1 aliphatic carbocycles. The van der Waals surface area contributed by atoms with Crippen LogP contribution in [0.4, 0.5) is 5.82 Å². The zero-order chi connectivity index (χ0) is 17.3. The molecule has 0 amide bonds. The van der Waals surface area contributed by atoms with Crippen LogP contribution in [0.1, 0.15) is 34.8 Å². The van der Waals surface area contributed by atoms with Gasteiger partial charge in [-0.3, -0.25) is 0 Å². The van der Waals surface area contributed by atoms with E-state index in [4.69, 9.17) is 8.83 Å². The highest BCUT2D eigenvalue weighted by Gasteiger charge is 2.23. The average molecular weight is 402 g/mol. The minimum atomic E-state index is 0. The number of halogens is 1. The molecule has 0 aromatic carbocycles. The van der Waals surface area contributed by atoms with Crippen molar-refractivity contribution in [2.24, 2.45) is 0 Å². The minimum Gasteiger partial charge on any atom is -0.467 e. The fraction of sp³-hybridized carbons (Fsp3) is 0.300. The smallest absolute Gasteiger partial charge is 0.141 e. The van der Waals surface area contributed by atoms with Gasteiger partial charge in [0.25, 0.3) is 0 Å². The molecule has 0 saturated heterocycles. The SMILES string of the molecule is Cl.c1coc(CN(Cc2ccco2)c2ncnc3sc4c(c23)CCCC4)c1. The molecule has 0 N–H and O–H groups in total. The number of anilines is 1. The maximum atomic E-state index is 5.60. The maximum Gasteiger partial charge on any atom is 0.141 e. The largest absolute Gasteiger partial charge is 0.467 e. The molecule has 140 valence electrons. The molecule has 0 bridgehead atoms. The van der Waals surface area contributed by atoms with Crippen LogP contribution in [0.3, 0.4) is 0 Å². The number of fused-ring (bicyclic) bond motifs is 3. The van der Waals surface area contributed by atoms with E-state index in [-0.39, 0.29) is 12.4 Å². The van der Waals surface area contributed by atoms with E-state index in [2.05, 4.69) is 14.9 Å². The standard InChI is InChI=1S/C20H19N3O2S.ClH/c1-2-8-17-16(7-1)18-19(21-13-22-20(18)26-17)23(11-14-5-3-9-24-14)12-15-6-4-10-25-15;/h3-6,9-10,13H,1-2,7-8,11-12H2;1H. The second-order valence-electron chi connectivity index (χ2n) is 6.60. The number of aromatic nitrogens is 2. The van der Waals surface area contributed by atoms with Crippen LogP contribution in [0, 0.1) is 0 Å². The number of hydrogen-bond donors (Lipinski definition) is 0. The third-order valence-corrected chi connectivity index (χ3v) is 6.08. The first-order chi connectivity index (χ1) is 12.9. The zero-order valence-electron chi connectivity index (χ0n) is 14.8. The van der Waals surface area contributed by atoms with Gasteiger partial charge >= 0.3 is 0 Å². The summed E-state index contributed by atoms with van der Waals surface area (Å²) in [5.74, 6) is 2.79. The molecule has 0 spiro atoms. The van der Waals surface area contributed by atoms with Crippen LogP contribution in [-0.4, -0.2) is 9.97 Å². The lowest BCUT2D eigenvalue weighted by Crippen LogP contribution is -2.23. The van der Waals surface area contributed by atoms with E-state index in [1.54, 1.807) is 18.9 Å². The molecule has 5 rings (SSSR count). The van der Waals surface area contributed by atoms with Crippen molar-refractivity contribution >= 4 is 39.8 Å². The monoisotopic (exact) mass is 401 g/mol. The highest BCUT2D eigenvalue weighted by molar-refractivity contribution is 7.19. The van der Waals surface area contributed by atoms with E-state index >= 15 is 0 Å². The van der Waals surface area contributed by atoms with E-state index in [1.807, 2.05) is 35.6 Å². The number of aryl methyl sites for hydroxylation is 2. The molecular formula is C20H20ClN3O2S. The fourth-order valence-electron chi connectivity index (χ4n) is 3.70. The summed E-state index contributed by atoms with van der Waals surface area (Å²) in [4.78, 5) is 14.0. The molecule has 0 atom stereocenters. The summed E-state index contributed by atoms with van der Waals surface area (Å²) in [6, 6.07) is 7.83. The van der Waals surface area contributed by atoms with Gasteiger partial charge in [0.15, 0.2) is 0 Å². The average Bonchev–Trinajstić information content (AvgIpc) is 3.41. The summed E-state index contributed by atoms with van der Waals surface area (Å²) < 4.78 is 11.2. The molecule has 5 nitrogen and oxygen atoms in total. The van der Waals surface area contributed by atoms with Crippen molar-refractivity contribution < 1.29 is 8.83 Å². The lowest BCUT2D eigenvalue weighted by atomic mass is 9.97. The van der Waals surface area contributed by atoms with Crippen LogP contribution in [0.5, 0.6) is 0 Å². The summed E-state index contributed by atoms with van der Waals surface area (Å²) in [5, 5.41) is 1.21. The van der Waals surface area contributed by atoms with Crippen molar-refractivity contribution in [3.05, 3.63) is 65.1 Å². The van der Waals surface area contributed by atoms with Crippen molar-refractivity contribution in [2.75, 3.05) is 4.90 Å². The van der Waals surface area contributed by atoms with Gasteiger partial charge in [-0.05, 0) is 55.5 Å². The number of thiophene rings is 1. The first kappa shape index (κ1) is 18.1. The Balaban J connectivity index is 0.00000180. The van der Waals surface area contributed by atoms with E-state index in [1.165, 1.54) is 28.7 Å². The van der Waals surface area contributed by atoms with Crippen molar-refractivity contribution in [1.29, 1.82) is 0 Å². The molecule has 7 heteroatoms. The molecule has 0 fully saturated rings. The molecule has 0 aliphatic heterocycles. The van der Waals surface area contributed by atoms with Crippen LogP contribution >= 0.6 is 23.7 Å². The topological polar surface area (TPSA) is 55.3 Å². The van der Waals surface area contributed by atoms with E-state index < -0.39 is 0 Å². The van der Waals surface area contributed by atoms with Crippen LogP contribution in [0.2, 0.25) is 0 Å². The maximum absolute atomic E-state index is 5.60. The number of rotatable bonds is 5. The van der Waals surface area contributed by atoms with Crippen LogP contribution in [-0.2, 0) is 25.9 Å². The summed E-state index contributed by atoms with van der Waals surface area (Å²) in [5.41, 5.74) is 1.44. The molecule has 0 unspecified atom stereocenters. The summed E-state index contributed by atoms with van der Waals surface area (Å²) in [6.45, 7) is 1.29. The van der Waals surface area contributed by atoms with Crippen molar-refractivity contribution in [3.63, 3.8) is 0 Å². The summed E-state index contributed by atoms with van der Waals surface area (Å²) in [6.07, 6.45) is 9.88. The molecule has 1 aliphatic rings. The molecule has 4 heterocycles. The number of nitrogens with zero attached hydrogens (tertiary/aromatic N) is 3. The molecule has 0 radical (unpaired) electrons. The molecule has 27 heavy (non-hydrogen) atoms. The Bertz CT molecular complexity index is 975. The van der Waals surface area contributed by atoms with Crippen LogP contribution in [0.25, 0.3) is 10.2 Å². The fourth-order valence-corrected chi connectivity index (χ4v) is 4.92. The van der Waals surface area contributed by atoms with Crippen LogP contribution in [0.15, 0.2) is 52.0 Å². The van der Waals surface area contributed by atoms with Crippen molar-refractivity contribution in [3.8, 4) is 0 Å². The quantitative estimate of drug-likeness (QED) is 0.449. The van der Waals surface area contributed by atoms with Gasteiger partial charge in [-0.2, -0.15) is 0 Å². The first-order valence-electron chi connectivity index (χ1n) is 8.93. The van der Waals surface area contributed by atoms with Crippen molar-refractivity contribution in [2.45, 2.75) is 38.8 Å². The molecule has 4 aromatic rings. The Morgan fingerprint density at radius 1 is 0.963 bits per heavy atom. The van der Waals surface area contributed by atoms with Gasteiger partial charge < -0.3 is 13.7 Å². The Labute approximate surface area is 167 Å². The molecular weight excluding hydrogens is 382 g/mol. The van der Waals surface area contributed by atoms with E-state index in [9.17, 15) is 0 Å².